The molecule has 2 aromatic rings. The predicted molar refractivity (Wildman–Crippen MR) is 106 cm³/mol. The SMILES string of the molecule is CS(=O)(=O)N(C[C@H]1O[C@H](Cc2cc(-c3ccccc3)on2)CC[C@@H]1O)S(C)(=O)=O. The van der Waals surface area contributed by atoms with Crippen molar-refractivity contribution in [2.75, 3.05) is 19.1 Å². The zero-order valence-electron chi connectivity index (χ0n) is 16.1. The minimum absolute atomic E-state index is 0.349. The maximum atomic E-state index is 11.9. The third-order valence-corrected chi connectivity index (χ3v) is 8.11. The molecule has 0 unspecified atom stereocenters. The molecule has 1 saturated heterocycles. The van der Waals surface area contributed by atoms with Gasteiger partial charge in [0.15, 0.2) is 5.76 Å². The van der Waals surface area contributed by atoms with Crippen molar-refractivity contribution in [3.05, 3.63) is 42.1 Å². The van der Waals surface area contributed by atoms with Crippen molar-refractivity contribution in [3.63, 3.8) is 0 Å². The number of hydrogen-bond donors (Lipinski definition) is 1. The summed E-state index contributed by atoms with van der Waals surface area (Å²) < 4.78 is 59.0. The molecule has 0 bridgehead atoms. The standard InChI is InChI=1S/C18H24N2O7S2/c1-28(22,23)20(29(2,24)25)12-18-16(21)9-8-15(26-18)10-14-11-17(27-19-14)13-6-4-3-5-7-13/h3-7,11,15-16,18,21H,8-10,12H2,1-2H3/t15-,16-,18+/m0/s1. The van der Waals surface area contributed by atoms with Crippen LogP contribution >= 0.6 is 0 Å². The summed E-state index contributed by atoms with van der Waals surface area (Å²) in [5, 5.41) is 14.3. The van der Waals surface area contributed by atoms with Gasteiger partial charge in [-0.3, -0.25) is 0 Å². The van der Waals surface area contributed by atoms with Crippen molar-refractivity contribution in [2.45, 2.75) is 37.6 Å². The Morgan fingerprint density at radius 1 is 1.10 bits per heavy atom. The van der Waals surface area contributed by atoms with Gasteiger partial charge in [-0.25, -0.2) is 16.8 Å². The van der Waals surface area contributed by atoms with Gasteiger partial charge in [-0.05, 0) is 12.8 Å². The van der Waals surface area contributed by atoms with Gasteiger partial charge in [0.25, 0.3) is 0 Å². The van der Waals surface area contributed by atoms with Crippen LogP contribution in [0.1, 0.15) is 18.5 Å². The number of sulfonamides is 2. The summed E-state index contributed by atoms with van der Waals surface area (Å²) in [6, 6.07) is 11.3. The molecule has 1 N–H and O–H groups in total. The van der Waals surface area contributed by atoms with Gasteiger partial charge in [-0.15, -0.1) is 0 Å². The van der Waals surface area contributed by atoms with Crippen LogP contribution in [-0.2, 0) is 31.2 Å². The topological polar surface area (TPSA) is 127 Å². The van der Waals surface area contributed by atoms with Crippen molar-refractivity contribution in [2.24, 2.45) is 0 Å². The maximum absolute atomic E-state index is 11.9. The van der Waals surface area contributed by atoms with Crippen LogP contribution < -0.4 is 0 Å². The number of rotatable bonds is 7. The second-order valence-electron chi connectivity index (χ2n) is 7.18. The van der Waals surface area contributed by atoms with E-state index >= 15 is 0 Å². The van der Waals surface area contributed by atoms with E-state index in [1.807, 2.05) is 30.3 Å². The molecular formula is C18H24N2O7S2. The molecule has 0 spiro atoms. The molecule has 29 heavy (non-hydrogen) atoms. The second kappa shape index (κ2) is 8.52. The first-order valence-corrected chi connectivity index (χ1v) is 12.8. The fourth-order valence-electron chi connectivity index (χ4n) is 3.31. The number of aliphatic hydroxyl groups is 1. The number of nitrogens with zero attached hydrogens (tertiary/aromatic N) is 2. The van der Waals surface area contributed by atoms with E-state index < -0.39 is 38.8 Å². The third-order valence-electron chi connectivity index (χ3n) is 4.70. The first kappa shape index (κ1) is 21.9. The Balaban J connectivity index is 1.69. The van der Waals surface area contributed by atoms with Gasteiger partial charge in [-0.1, -0.05) is 39.2 Å². The molecule has 1 aromatic carbocycles. The molecule has 3 atom stereocenters. The molecule has 0 radical (unpaired) electrons. The van der Waals surface area contributed by atoms with E-state index in [1.165, 1.54) is 0 Å². The first-order chi connectivity index (χ1) is 13.5. The second-order valence-corrected chi connectivity index (χ2v) is 11.2. The molecule has 1 aliphatic rings. The van der Waals surface area contributed by atoms with E-state index in [2.05, 4.69) is 5.16 Å². The zero-order chi connectivity index (χ0) is 21.2. The van der Waals surface area contributed by atoms with E-state index in [1.54, 1.807) is 6.07 Å². The van der Waals surface area contributed by atoms with Crippen LogP contribution in [-0.4, -0.2) is 68.2 Å². The molecular weight excluding hydrogens is 420 g/mol. The van der Waals surface area contributed by atoms with Gasteiger partial charge in [0, 0.05) is 18.1 Å². The largest absolute Gasteiger partial charge is 0.390 e. The number of aliphatic hydroxyl groups excluding tert-OH is 1. The van der Waals surface area contributed by atoms with E-state index in [-0.39, 0.29) is 6.10 Å². The lowest BCUT2D eigenvalue weighted by Crippen LogP contribution is -2.49. The monoisotopic (exact) mass is 444 g/mol. The smallest absolute Gasteiger partial charge is 0.224 e. The van der Waals surface area contributed by atoms with Crippen molar-refractivity contribution < 1.29 is 31.2 Å². The molecule has 0 saturated carbocycles. The zero-order valence-corrected chi connectivity index (χ0v) is 17.8. The van der Waals surface area contributed by atoms with E-state index in [0.717, 1.165) is 18.1 Å². The molecule has 160 valence electrons. The molecule has 1 fully saturated rings. The quantitative estimate of drug-likeness (QED) is 0.670. The highest BCUT2D eigenvalue weighted by Crippen LogP contribution is 2.26. The minimum Gasteiger partial charge on any atom is -0.390 e. The van der Waals surface area contributed by atoms with Crippen LogP contribution in [0.5, 0.6) is 0 Å². The molecule has 11 heteroatoms. The minimum atomic E-state index is -4.02. The van der Waals surface area contributed by atoms with Crippen LogP contribution in [0.15, 0.2) is 40.9 Å². The Hall–Kier alpha value is -1.79. The van der Waals surface area contributed by atoms with Gasteiger partial charge in [0.2, 0.25) is 20.0 Å². The Labute approximate surface area is 170 Å². The lowest BCUT2D eigenvalue weighted by Gasteiger charge is -2.35. The van der Waals surface area contributed by atoms with Crippen LogP contribution in [0.3, 0.4) is 0 Å². The summed E-state index contributed by atoms with van der Waals surface area (Å²) in [7, 11) is -8.04. The molecule has 0 amide bonds. The number of benzene rings is 1. The van der Waals surface area contributed by atoms with Crippen molar-refractivity contribution in [1.82, 2.24) is 8.87 Å². The summed E-state index contributed by atoms with van der Waals surface area (Å²) in [6.45, 7) is -0.469. The lowest BCUT2D eigenvalue weighted by molar-refractivity contribution is -0.117. The fraction of sp³-hybridized carbons (Fsp3) is 0.500. The molecule has 1 aliphatic heterocycles. The first-order valence-electron chi connectivity index (χ1n) is 9.06. The fourth-order valence-corrected chi connectivity index (χ4v) is 6.11. The molecule has 2 heterocycles. The summed E-state index contributed by atoms with van der Waals surface area (Å²) in [5.74, 6) is 0.619. The van der Waals surface area contributed by atoms with E-state index in [0.29, 0.717) is 34.4 Å². The summed E-state index contributed by atoms with van der Waals surface area (Å²) in [5.41, 5.74) is 1.55. The average molecular weight is 445 g/mol. The maximum Gasteiger partial charge on any atom is 0.224 e. The summed E-state index contributed by atoms with van der Waals surface area (Å²) >= 11 is 0. The normalized spacial score (nSPS) is 23.4. The third kappa shape index (κ3) is 5.64. The van der Waals surface area contributed by atoms with Crippen molar-refractivity contribution in [1.29, 1.82) is 0 Å². The Morgan fingerprint density at radius 3 is 2.38 bits per heavy atom. The molecule has 1 aromatic heterocycles. The summed E-state index contributed by atoms with van der Waals surface area (Å²) in [4.78, 5) is 0. The van der Waals surface area contributed by atoms with Crippen LogP contribution in [0.2, 0.25) is 0 Å². The summed E-state index contributed by atoms with van der Waals surface area (Å²) in [6.07, 6.45) is 0.634. The van der Waals surface area contributed by atoms with Crippen LogP contribution in [0.25, 0.3) is 11.3 Å². The molecule has 0 aliphatic carbocycles. The van der Waals surface area contributed by atoms with Gasteiger partial charge in [0.05, 0.1) is 43.1 Å². The van der Waals surface area contributed by atoms with Gasteiger partial charge >= 0.3 is 0 Å². The molecule has 3 rings (SSSR count). The van der Waals surface area contributed by atoms with Gasteiger partial charge < -0.3 is 14.4 Å². The van der Waals surface area contributed by atoms with Crippen molar-refractivity contribution >= 4 is 20.0 Å². The molecule has 9 nitrogen and oxygen atoms in total. The number of aromatic nitrogens is 1. The predicted octanol–water partition coefficient (Wildman–Crippen LogP) is 1.01. The van der Waals surface area contributed by atoms with Crippen LogP contribution in [0.4, 0.5) is 0 Å². The van der Waals surface area contributed by atoms with Gasteiger partial charge in [-0.2, -0.15) is 0 Å². The Bertz CT molecular complexity index is 1000. The number of ether oxygens (including phenoxy) is 1. The van der Waals surface area contributed by atoms with Gasteiger partial charge in [0.1, 0.15) is 0 Å². The number of hydrogen-bond acceptors (Lipinski definition) is 8. The lowest BCUT2D eigenvalue weighted by atomic mass is 9.98. The average Bonchev–Trinajstić information content (AvgIpc) is 3.09. The highest BCUT2D eigenvalue weighted by atomic mass is 32.3. The highest BCUT2D eigenvalue weighted by molar-refractivity contribution is 8.03. The Morgan fingerprint density at radius 2 is 1.76 bits per heavy atom. The van der Waals surface area contributed by atoms with E-state index in [9.17, 15) is 21.9 Å². The van der Waals surface area contributed by atoms with Crippen LogP contribution in [0, 0.1) is 0 Å². The van der Waals surface area contributed by atoms with E-state index in [4.69, 9.17) is 9.26 Å². The Kier molecular flexibility index (Phi) is 6.44. The van der Waals surface area contributed by atoms with Crippen molar-refractivity contribution in [3.8, 4) is 11.3 Å². The highest BCUT2D eigenvalue weighted by Gasteiger charge is 2.37.